The van der Waals surface area contributed by atoms with Crippen LogP contribution in [0, 0.1) is 5.82 Å². The average molecular weight is 293 g/mol. The van der Waals surface area contributed by atoms with Gasteiger partial charge in [0.1, 0.15) is 16.4 Å². The lowest BCUT2D eigenvalue weighted by Crippen LogP contribution is -2.05. The number of carbonyl (C=O) groups excluding carboxylic acids is 1. The second kappa shape index (κ2) is 5.63. The summed E-state index contributed by atoms with van der Waals surface area (Å²) < 4.78 is 17.9. The van der Waals surface area contributed by atoms with Gasteiger partial charge in [-0.25, -0.2) is 9.18 Å². The van der Waals surface area contributed by atoms with E-state index in [1.54, 1.807) is 12.1 Å². The molecule has 2 rings (SSSR count). The molecule has 5 heteroatoms. The van der Waals surface area contributed by atoms with Crippen LogP contribution in [-0.2, 0) is 4.74 Å². The lowest BCUT2D eigenvalue weighted by Gasteiger charge is -2.09. The summed E-state index contributed by atoms with van der Waals surface area (Å²) in [5.74, 6) is -0.576. The summed E-state index contributed by atoms with van der Waals surface area (Å²) in [5.41, 5.74) is 7.85. The van der Waals surface area contributed by atoms with Crippen molar-refractivity contribution >= 4 is 22.3 Å². The maximum absolute atomic E-state index is 13.1. The monoisotopic (exact) mass is 293 g/mol. The summed E-state index contributed by atoms with van der Waals surface area (Å²) in [5, 5.41) is 0.430. The minimum Gasteiger partial charge on any atom is -0.465 e. The van der Waals surface area contributed by atoms with E-state index in [9.17, 15) is 9.18 Å². The predicted octanol–water partition coefficient (Wildman–Crippen LogP) is 4.05. The Morgan fingerprint density at radius 1 is 1.30 bits per heavy atom. The van der Waals surface area contributed by atoms with E-state index in [1.807, 2.05) is 13.8 Å². The topological polar surface area (TPSA) is 52.3 Å². The molecule has 2 aromatic rings. The van der Waals surface area contributed by atoms with Crippen molar-refractivity contribution in [1.29, 1.82) is 0 Å². The van der Waals surface area contributed by atoms with Gasteiger partial charge in [-0.2, -0.15) is 0 Å². The fourth-order valence-corrected chi connectivity index (χ4v) is 3.16. The van der Waals surface area contributed by atoms with Crippen LogP contribution in [0.1, 0.15) is 35.0 Å². The maximum atomic E-state index is 13.1. The lowest BCUT2D eigenvalue weighted by atomic mass is 9.97. The van der Waals surface area contributed by atoms with Crippen molar-refractivity contribution in [2.75, 3.05) is 12.8 Å². The maximum Gasteiger partial charge on any atom is 0.341 e. The van der Waals surface area contributed by atoms with Gasteiger partial charge in [-0.1, -0.05) is 26.0 Å². The highest BCUT2D eigenvalue weighted by Gasteiger charge is 2.25. The van der Waals surface area contributed by atoms with E-state index in [4.69, 9.17) is 10.5 Å². The van der Waals surface area contributed by atoms with Gasteiger partial charge in [-0.15, -0.1) is 11.3 Å². The highest BCUT2D eigenvalue weighted by molar-refractivity contribution is 7.17. The van der Waals surface area contributed by atoms with Crippen LogP contribution < -0.4 is 5.73 Å². The molecular formula is C15H16FNO2S. The van der Waals surface area contributed by atoms with Crippen LogP contribution in [0.15, 0.2) is 24.3 Å². The first-order chi connectivity index (χ1) is 9.45. The molecule has 3 nitrogen and oxygen atoms in total. The number of benzene rings is 1. The molecule has 1 aromatic carbocycles. The Hall–Kier alpha value is -1.88. The van der Waals surface area contributed by atoms with Crippen LogP contribution in [-0.4, -0.2) is 13.1 Å². The summed E-state index contributed by atoms with van der Waals surface area (Å²) in [7, 11) is 1.32. The van der Waals surface area contributed by atoms with E-state index in [0.29, 0.717) is 10.6 Å². The third kappa shape index (κ3) is 2.54. The second-order valence-electron chi connectivity index (χ2n) is 4.73. The number of nitrogen functional groups attached to an aromatic ring is 1. The Morgan fingerprint density at radius 3 is 2.40 bits per heavy atom. The van der Waals surface area contributed by atoms with E-state index in [2.05, 4.69) is 0 Å². The molecule has 0 bridgehead atoms. The van der Waals surface area contributed by atoms with Gasteiger partial charge in [0.15, 0.2) is 0 Å². The highest BCUT2D eigenvalue weighted by Crippen LogP contribution is 2.42. The van der Waals surface area contributed by atoms with Gasteiger partial charge < -0.3 is 10.5 Å². The van der Waals surface area contributed by atoms with Crippen LogP contribution in [0.4, 0.5) is 9.39 Å². The Balaban J connectivity index is 2.70. The zero-order chi connectivity index (χ0) is 14.9. The molecule has 0 unspecified atom stereocenters. The minimum absolute atomic E-state index is 0.209. The van der Waals surface area contributed by atoms with Crippen LogP contribution in [0.3, 0.4) is 0 Å². The number of ether oxygens (including phenoxy) is 1. The molecule has 0 fully saturated rings. The molecule has 0 aliphatic carbocycles. The Bertz CT molecular complexity index is 632. The Labute approximate surface area is 121 Å². The lowest BCUT2D eigenvalue weighted by molar-refractivity contribution is 0.0603. The molecule has 0 atom stereocenters. The van der Waals surface area contributed by atoms with Gasteiger partial charge in [0.2, 0.25) is 0 Å². The molecule has 2 N–H and O–H groups in total. The molecule has 0 amide bonds. The first-order valence-electron chi connectivity index (χ1n) is 6.22. The standard InChI is InChI=1S/C15H16FNO2S/c1-8(2)13-11(9-4-6-10(16)7-5-9)12(14(17)20-13)15(18)19-3/h4-8H,17H2,1-3H3. The van der Waals surface area contributed by atoms with Gasteiger partial charge in [-0.3, -0.25) is 0 Å². The normalized spacial score (nSPS) is 10.8. The average Bonchev–Trinajstić information content (AvgIpc) is 2.76. The van der Waals surface area contributed by atoms with Gasteiger partial charge >= 0.3 is 5.97 Å². The number of nitrogens with two attached hydrogens (primary N) is 1. The van der Waals surface area contributed by atoms with Crippen LogP contribution in [0.2, 0.25) is 0 Å². The molecule has 106 valence electrons. The van der Waals surface area contributed by atoms with Crippen molar-refractivity contribution < 1.29 is 13.9 Å². The zero-order valence-electron chi connectivity index (χ0n) is 11.6. The van der Waals surface area contributed by atoms with Crippen molar-refractivity contribution in [3.8, 4) is 11.1 Å². The largest absolute Gasteiger partial charge is 0.465 e. The second-order valence-corrected chi connectivity index (χ2v) is 5.82. The van der Waals surface area contributed by atoms with E-state index < -0.39 is 5.97 Å². The van der Waals surface area contributed by atoms with Crippen LogP contribution in [0.5, 0.6) is 0 Å². The van der Waals surface area contributed by atoms with E-state index in [1.165, 1.54) is 30.6 Å². The SMILES string of the molecule is COC(=O)c1c(N)sc(C(C)C)c1-c1ccc(F)cc1. The van der Waals surface area contributed by atoms with Gasteiger partial charge in [0.25, 0.3) is 0 Å². The molecule has 0 radical (unpaired) electrons. The molecule has 0 saturated heterocycles. The Kier molecular flexibility index (Phi) is 4.09. The van der Waals surface area contributed by atoms with Crippen molar-refractivity contribution in [3.63, 3.8) is 0 Å². The number of esters is 1. The molecular weight excluding hydrogens is 277 g/mol. The third-order valence-electron chi connectivity index (χ3n) is 3.01. The van der Waals surface area contributed by atoms with Crippen LogP contribution >= 0.6 is 11.3 Å². The number of thiophene rings is 1. The van der Waals surface area contributed by atoms with Gasteiger partial charge in [0, 0.05) is 10.4 Å². The van der Waals surface area contributed by atoms with E-state index >= 15 is 0 Å². The smallest absolute Gasteiger partial charge is 0.341 e. The third-order valence-corrected chi connectivity index (χ3v) is 4.33. The fourth-order valence-electron chi connectivity index (χ4n) is 2.08. The molecule has 20 heavy (non-hydrogen) atoms. The number of anilines is 1. The van der Waals surface area contributed by atoms with Crippen molar-refractivity contribution in [2.45, 2.75) is 19.8 Å². The van der Waals surface area contributed by atoms with Gasteiger partial charge in [-0.05, 0) is 23.6 Å². The molecule has 0 aliphatic rings. The molecule has 0 saturated carbocycles. The molecule has 1 heterocycles. The van der Waals surface area contributed by atoms with E-state index in [-0.39, 0.29) is 11.7 Å². The first kappa shape index (κ1) is 14.5. The Morgan fingerprint density at radius 2 is 1.90 bits per heavy atom. The van der Waals surface area contributed by atoms with E-state index in [0.717, 1.165) is 16.0 Å². The van der Waals surface area contributed by atoms with Crippen LogP contribution in [0.25, 0.3) is 11.1 Å². The summed E-state index contributed by atoms with van der Waals surface area (Å²) >= 11 is 1.38. The summed E-state index contributed by atoms with van der Waals surface area (Å²) in [4.78, 5) is 13.0. The number of methoxy groups -OCH3 is 1. The molecule has 1 aromatic heterocycles. The predicted molar refractivity (Wildman–Crippen MR) is 79.6 cm³/mol. The number of halogens is 1. The number of carbonyl (C=O) groups is 1. The summed E-state index contributed by atoms with van der Waals surface area (Å²) in [6, 6.07) is 6.03. The van der Waals surface area contributed by atoms with Gasteiger partial charge in [0.05, 0.1) is 7.11 Å². The number of rotatable bonds is 3. The van der Waals surface area contributed by atoms with Crippen molar-refractivity contribution in [2.24, 2.45) is 0 Å². The minimum atomic E-state index is -0.468. The van der Waals surface area contributed by atoms with Crippen molar-refractivity contribution in [3.05, 3.63) is 40.5 Å². The van der Waals surface area contributed by atoms with Crippen molar-refractivity contribution in [1.82, 2.24) is 0 Å². The molecule has 0 aliphatic heterocycles. The molecule has 0 spiro atoms. The number of hydrogen-bond acceptors (Lipinski definition) is 4. The number of hydrogen-bond donors (Lipinski definition) is 1. The fraction of sp³-hybridized carbons (Fsp3) is 0.267. The first-order valence-corrected chi connectivity index (χ1v) is 7.03. The summed E-state index contributed by atoms with van der Waals surface area (Å²) in [6.07, 6.45) is 0. The highest BCUT2D eigenvalue weighted by atomic mass is 32.1. The quantitative estimate of drug-likeness (QED) is 0.869. The zero-order valence-corrected chi connectivity index (χ0v) is 12.4. The summed E-state index contributed by atoms with van der Waals surface area (Å²) in [6.45, 7) is 4.05.